The second kappa shape index (κ2) is 8.10. The van der Waals surface area contributed by atoms with Gasteiger partial charge in [0.25, 0.3) is 0 Å². The van der Waals surface area contributed by atoms with Crippen LogP contribution >= 0.6 is 0 Å². The van der Waals surface area contributed by atoms with Crippen molar-refractivity contribution in [3.8, 4) is 0 Å². The first-order valence-electron chi connectivity index (χ1n) is 7.51. The van der Waals surface area contributed by atoms with Gasteiger partial charge in [0.1, 0.15) is 0 Å². The summed E-state index contributed by atoms with van der Waals surface area (Å²) in [5.74, 6) is 0. The number of hydrogen-bond donors (Lipinski definition) is 1. The minimum Gasteiger partial charge on any atom is -0.336 e. The third-order valence-electron chi connectivity index (χ3n) is 3.87. The average molecular weight is 279 g/mol. The SMILES string of the molecule is C=CCN(CC=C)C(=O)NCC(C)(C)N1CCCCC1. The zero-order valence-electron chi connectivity index (χ0n) is 13.0. The highest BCUT2D eigenvalue weighted by molar-refractivity contribution is 5.74. The van der Waals surface area contributed by atoms with E-state index in [-0.39, 0.29) is 11.6 Å². The fourth-order valence-corrected chi connectivity index (χ4v) is 2.57. The molecule has 0 unspecified atom stereocenters. The van der Waals surface area contributed by atoms with Crippen molar-refractivity contribution in [3.63, 3.8) is 0 Å². The van der Waals surface area contributed by atoms with Crippen LogP contribution in [-0.4, -0.2) is 54.1 Å². The van der Waals surface area contributed by atoms with E-state index in [0.717, 1.165) is 13.1 Å². The summed E-state index contributed by atoms with van der Waals surface area (Å²) in [4.78, 5) is 16.3. The Balaban J connectivity index is 2.48. The largest absolute Gasteiger partial charge is 0.336 e. The Kier molecular flexibility index (Phi) is 6.79. The number of carbonyl (C=O) groups is 1. The van der Waals surface area contributed by atoms with Gasteiger partial charge in [-0.25, -0.2) is 4.79 Å². The maximum absolute atomic E-state index is 12.2. The quantitative estimate of drug-likeness (QED) is 0.727. The number of carbonyl (C=O) groups excluding carboxylic acids is 1. The molecule has 0 aliphatic carbocycles. The molecule has 0 atom stereocenters. The van der Waals surface area contributed by atoms with Crippen molar-refractivity contribution in [2.45, 2.75) is 38.6 Å². The Labute approximate surface area is 123 Å². The van der Waals surface area contributed by atoms with Crippen LogP contribution in [0.3, 0.4) is 0 Å². The molecule has 0 aromatic heterocycles. The summed E-state index contributed by atoms with van der Waals surface area (Å²) in [5.41, 5.74) is 0.00408. The topological polar surface area (TPSA) is 35.6 Å². The lowest BCUT2D eigenvalue weighted by Gasteiger charge is -2.41. The number of rotatable bonds is 7. The van der Waals surface area contributed by atoms with Gasteiger partial charge in [-0.1, -0.05) is 18.6 Å². The van der Waals surface area contributed by atoms with E-state index in [1.165, 1.54) is 19.3 Å². The molecule has 4 heteroatoms. The summed E-state index contributed by atoms with van der Waals surface area (Å²) in [6, 6.07) is -0.0464. The van der Waals surface area contributed by atoms with Crippen molar-refractivity contribution >= 4 is 6.03 Å². The van der Waals surface area contributed by atoms with Gasteiger partial charge in [-0.05, 0) is 39.8 Å². The van der Waals surface area contributed by atoms with Crippen molar-refractivity contribution in [2.24, 2.45) is 0 Å². The molecule has 1 rings (SSSR count). The summed E-state index contributed by atoms with van der Waals surface area (Å²) in [6.07, 6.45) is 7.32. The van der Waals surface area contributed by atoms with Crippen LogP contribution in [-0.2, 0) is 0 Å². The summed E-state index contributed by atoms with van der Waals surface area (Å²) >= 11 is 0. The maximum atomic E-state index is 12.2. The fraction of sp³-hybridized carbons (Fsp3) is 0.688. The number of nitrogens with one attached hydrogen (secondary N) is 1. The summed E-state index contributed by atoms with van der Waals surface area (Å²) in [7, 11) is 0. The lowest BCUT2D eigenvalue weighted by atomic mass is 9.98. The number of nitrogens with zero attached hydrogens (tertiary/aromatic N) is 2. The predicted molar refractivity (Wildman–Crippen MR) is 84.9 cm³/mol. The molecule has 0 bridgehead atoms. The molecule has 0 spiro atoms. The molecule has 1 saturated heterocycles. The Bertz CT molecular complexity index is 323. The molecule has 1 aliphatic heterocycles. The van der Waals surface area contributed by atoms with Crippen LogP contribution in [0.25, 0.3) is 0 Å². The zero-order chi connectivity index (χ0) is 15.0. The lowest BCUT2D eigenvalue weighted by Crippen LogP contribution is -2.55. The van der Waals surface area contributed by atoms with E-state index in [1.54, 1.807) is 17.1 Å². The van der Waals surface area contributed by atoms with Gasteiger partial charge in [0.15, 0.2) is 0 Å². The summed E-state index contributed by atoms with van der Waals surface area (Å²) in [5, 5.41) is 3.04. The van der Waals surface area contributed by atoms with Gasteiger partial charge >= 0.3 is 6.03 Å². The van der Waals surface area contributed by atoms with E-state index >= 15 is 0 Å². The van der Waals surface area contributed by atoms with Gasteiger partial charge in [0.2, 0.25) is 0 Å². The van der Waals surface area contributed by atoms with Gasteiger partial charge in [0, 0.05) is 25.2 Å². The first-order valence-corrected chi connectivity index (χ1v) is 7.51. The van der Waals surface area contributed by atoms with E-state index in [9.17, 15) is 4.79 Å². The van der Waals surface area contributed by atoms with E-state index in [1.807, 2.05) is 0 Å². The first-order chi connectivity index (χ1) is 9.51. The van der Waals surface area contributed by atoms with Crippen LogP contribution in [0.4, 0.5) is 4.79 Å². The maximum Gasteiger partial charge on any atom is 0.318 e. The van der Waals surface area contributed by atoms with Crippen LogP contribution in [0.5, 0.6) is 0 Å². The summed E-state index contributed by atoms with van der Waals surface area (Å²) < 4.78 is 0. The van der Waals surface area contributed by atoms with Gasteiger partial charge < -0.3 is 10.2 Å². The minimum absolute atomic E-state index is 0.00408. The monoisotopic (exact) mass is 279 g/mol. The van der Waals surface area contributed by atoms with Crippen molar-refractivity contribution < 1.29 is 4.79 Å². The third-order valence-corrected chi connectivity index (χ3v) is 3.87. The molecule has 2 amide bonds. The third kappa shape index (κ3) is 5.00. The smallest absolute Gasteiger partial charge is 0.318 e. The van der Waals surface area contributed by atoms with Crippen LogP contribution in [0.2, 0.25) is 0 Å². The second-order valence-electron chi connectivity index (χ2n) is 6.00. The van der Waals surface area contributed by atoms with E-state index in [2.05, 4.69) is 37.2 Å². The van der Waals surface area contributed by atoms with Crippen molar-refractivity contribution in [2.75, 3.05) is 32.7 Å². The van der Waals surface area contributed by atoms with Crippen LogP contribution in [0, 0.1) is 0 Å². The van der Waals surface area contributed by atoms with Crippen LogP contribution < -0.4 is 5.32 Å². The molecule has 1 N–H and O–H groups in total. The Hall–Kier alpha value is -1.29. The van der Waals surface area contributed by atoms with Gasteiger partial charge in [-0.15, -0.1) is 13.2 Å². The predicted octanol–water partition coefficient (Wildman–Crippen LogP) is 2.63. The van der Waals surface area contributed by atoms with Crippen LogP contribution in [0.1, 0.15) is 33.1 Å². The molecule has 0 radical (unpaired) electrons. The number of urea groups is 1. The van der Waals surface area contributed by atoms with E-state index in [4.69, 9.17) is 0 Å². The standard InChI is InChI=1S/C16H29N3O/c1-5-10-18(11-6-2)15(20)17-14-16(3,4)19-12-8-7-9-13-19/h5-6H,1-2,7-14H2,3-4H3,(H,17,20). The zero-order valence-corrected chi connectivity index (χ0v) is 13.0. The van der Waals surface area contributed by atoms with E-state index < -0.39 is 0 Å². The van der Waals surface area contributed by atoms with Crippen molar-refractivity contribution in [1.82, 2.24) is 15.1 Å². The Morgan fingerprint density at radius 2 is 1.75 bits per heavy atom. The molecule has 4 nitrogen and oxygen atoms in total. The molecule has 1 heterocycles. The molecule has 0 saturated carbocycles. The second-order valence-corrected chi connectivity index (χ2v) is 6.00. The number of amides is 2. The highest BCUT2D eigenvalue weighted by Gasteiger charge is 2.28. The van der Waals surface area contributed by atoms with E-state index in [0.29, 0.717) is 19.6 Å². The Morgan fingerprint density at radius 3 is 2.25 bits per heavy atom. The molecular weight excluding hydrogens is 250 g/mol. The molecule has 114 valence electrons. The van der Waals surface area contributed by atoms with Crippen molar-refractivity contribution in [1.29, 1.82) is 0 Å². The fourth-order valence-electron chi connectivity index (χ4n) is 2.57. The molecule has 0 aromatic carbocycles. The normalized spacial score (nSPS) is 16.5. The highest BCUT2D eigenvalue weighted by Crippen LogP contribution is 2.19. The Morgan fingerprint density at radius 1 is 1.20 bits per heavy atom. The van der Waals surface area contributed by atoms with Gasteiger partial charge in [-0.3, -0.25) is 4.90 Å². The molecular formula is C16H29N3O. The highest BCUT2D eigenvalue weighted by atomic mass is 16.2. The van der Waals surface area contributed by atoms with Gasteiger partial charge in [-0.2, -0.15) is 0 Å². The lowest BCUT2D eigenvalue weighted by molar-refractivity contribution is 0.0943. The molecule has 0 aromatic rings. The van der Waals surface area contributed by atoms with Gasteiger partial charge in [0.05, 0.1) is 0 Å². The molecule has 1 fully saturated rings. The minimum atomic E-state index is -0.0464. The first kappa shape index (κ1) is 16.8. The number of likely N-dealkylation sites (tertiary alicyclic amines) is 1. The van der Waals surface area contributed by atoms with Crippen LogP contribution in [0.15, 0.2) is 25.3 Å². The molecule has 20 heavy (non-hydrogen) atoms. The average Bonchev–Trinajstić information content (AvgIpc) is 2.45. The van der Waals surface area contributed by atoms with Crippen molar-refractivity contribution in [3.05, 3.63) is 25.3 Å². The summed E-state index contributed by atoms with van der Waals surface area (Å²) in [6.45, 7) is 15.8. The molecule has 1 aliphatic rings. The number of hydrogen-bond acceptors (Lipinski definition) is 2. The number of piperidine rings is 1.